The van der Waals surface area contributed by atoms with Crippen LogP contribution in [-0.2, 0) is 21.4 Å². The average molecular weight is 505 g/mol. The van der Waals surface area contributed by atoms with Gasteiger partial charge in [-0.25, -0.2) is 13.4 Å². The lowest BCUT2D eigenvalue weighted by Gasteiger charge is -2.34. The number of carbonyl (C=O) groups is 1. The Hall–Kier alpha value is -2.76. The standard InChI is InChI=1S/C23H28N4O5S2/c1-14-9-15(2)11-27(10-14)34(30,31)21-16(3)33-22-20(21)23(29)26(13-24-22)12-19(28)25-17-7-5-6-8-18(17)32-4/h5-8,13-15H,9-12H2,1-4H3,(H,25,28)/t14-,15+. The van der Waals surface area contributed by atoms with Gasteiger partial charge >= 0.3 is 0 Å². The molecule has 0 unspecified atom stereocenters. The number of thiophene rings is 1. The van der Waals surface area contributed by atoms with Crippen LogP contribution in [0, 0.1) is 18.8 Å². The fraction of sp³-hybridized carbons (Fsp3) is 0.435. The number of fused-ring (bicyclic) bond motifs is 1. The number of para-hydroxylation sites is 2. The number of aromatic nitrogens is 2. The second-order valence-corrected chi connectivity index (χ2v) is 11.9. The van der Waals surface area contributed by atoms with E-state index in [4.69, 9.17) is 4.74 Å². The third-order valence-corrected chi connectivity index (χ3v) is 9.07. The zero-order chi connectivity index (χ0) is 24.6. The van der Waals surface area contributed by atoms with Gasteiger partial charge in [-0.15, -0.1) is 11.3 Å². The van der Waals surface area contributed by atoms with Crippen molar-refractivity contribution in [2.24, 2.45) is 11.8 Å². The Morgan fingerprint density at radius 1 is 1.24 bits per heavy atom. The van der Waals surface area contributed by atoms with Crippen molar-refractivity contribution in [2.75, 3.05) is 25.5 Å². The normalized spacial score (nSPS) is 19.3. The molecule has 2 aromatic heterocycles. The minimum Gasteiger partial charge on any atom is -0.495 e. The number of amides is 1. The Kier molecular flexibility index (Phi) is 6.79. The Morgan fingerprint density at radius 3 is 2.59 bits per heavy atom. The molecule has 1 aliphatic rings. The predicted octanol–water partition coefficient (Wildman–Crippen LogP) is 3.08. The molecule has 0 spiro atoms. The molecule has 182 valence electrons. The Bertz CT molecular complexity index is 1390. The van der Waals surface area contributed by atoms with Gasteiger partial charge in [-0.05, 0) is 37.3 Å². The molecule has 2 atom stereocenters. The summed E-state index contributed by atoms with van der Waals surface area (Å²) in [5.41, 5.74) is -0.0822. The van der Waals surface area contributed by atoms with Crippen molar-refractivity contribution in [3.63, 3.8) is 0 Å². The maximum absolute atomic E-state index is 13.6. The molecule has 1 N–H and O–H groups in total. The van der Waals surface area contributed by atoms with Crippen LogP contribution < -0.4 is 15.6 Å². The molecule has 11 heteroatoms. The van der Waals surface area contributed by atoms with E-state index in [-0.39, 0.29) is 28.7 Å². The summed E-state index contributed by atoms with van der Waals surface area (Å²) < 4.78 is 35.1. The molecule has 0 aliphatic carbocycles. The van der Waals surface area contributed by atoms with Gasteiger partial charge < -0.3 is 10.1 Å². The van der Waals surface area contributed by atoms with E-state index < -0.39 is 21.5 Å². The zero-order valence-corrected chi connectivity index (χ0v) is 21.2. The molecule has 0 saturated carbocycles. The second kappa shape index (κ2) is 9.47. The van der Waals surface area contributed by atoms with Gasteiger partial charge in [0.1, 0.15) is 22.0 Å². The molecular formula is C23H28N4O5S2. The average Bonchev–Trinajstić information content (AvgIpc) is 3.13. The van der Waals surface area contributed by atoms with Crippen molar-refractivity contribution in [3.8, 4) is 5.75 Å². The summed E-state index contributed by atoms with van der Waals surface area (Å²) in [6, 6.07) is 6.94. The number of methoxy groups -OCH3 is 1. The van der Waals surface area contributed by atoms with Crippen LogP contribution in [0.1, 0.15) is 25.1 Å². The van der Waals surface area contributed by atoms with Crippen molar-refractivity contribution < 1.29 is 17.9 Å². The number of nitrogens with zero attached hydrogens (tertiary/aromatic N) is 3. The van der Waals surface area contributed by atoms with Crippen molar-refractivity contribution >= 4 is 43.2 Å². The smallest absolute Gasteiger partial charge is 0.263 e. The van der Waals surface area contributed by atoms with Crippen LogP contribution in [0.25, 0.3) is 10.2 Å². The SMILES string of the molecule is COc1ccccc1NC(=O)Cn1cnc2sc(C)c(S(=O)(=O)N3C[C@H](C)C[C@H](C)C3)c2c1=O. The lowest BCUT2D eigenvalue weighted by molar-refractivity contribution is -0.116. The summed E-state index contributed by atoms with van der Waals surface area (Å²) in [5, 5.41) is 2.76. The van der Waals surface area contributed by atoms with E-state index in [9.17, 15) is 18.0 Å². The second-order valence-electron chi connectivity index (χ2n) is 8.86. The highest BCUT2D eigenvalue weighted by Crippen LogP contribution is 2.35. The van der Waals surface area contributed by atoms with Gasteiger partial charge in [0.2, 0.25) is 15.9 Å². The number of hydrogen-bond donors (Lipinski definition) is 1. The number of carbonyl (C=O) groups excluding carboxylic acids is 1. The van der Waals surface area contributed by atoms with Gasteiger partial charge in [0, 0.05) is 18.0 Å². The highest BCUT2D eigenvalue weighted by Gasteiger charge is 2.35. The third-order valence-electron chi connectivity index (χ3n) is 5.93. The topological polar surface area (TPSA) is 111 Å². The Labute approximate surface area is 202 Å². The van der Waals surface area contributed by atoms with Gasteiger partial charge in [-0.2, -0.15) is 4.31 Å². The highest BCUT2D eigenvalue weighted by atomic mass is 32.2. The quantitative estimate of drug-likeness (QED) is 0.552. The molecule has 4 rings (SSSR count). The van der Waals surface area contributed by atoms with Crippen molar-refractivity contribution in [3.05, 3.63) is 45.8 Å². The maximum atomic E-state index is 13.6. The van der Waals surface area contributed by atoms with Crippen LogP contribution in [0.4, 0.5) is 5.69 Å². The van der Waals surface area contributed by atoms with E-state index >= 15 is 0 Å². The first-order valence-electron chi connectivity index (χ1n) is 11.0. The minimum atomic E-state index is -3.89. The molecule has 0 bridgehead atoms. The van der Waals surface area contributed by atoms with E-state index in [0.29, 0.717) is 34.2 Å². The molecular weight excluding hydrogens is 476 g/mol. The number of aryl methyl sites for hydroxylation is 1. The van der Waals surface area contributed by atoms with E-state index in [1.807, 2.05) is 13.8 Å². The van der Waals surface area contributed by atoms with Gasteiger partial charge in [0.15, 0.2) is 0 Å². The molecule has 3 aromatic rings. The number of nitrogens with one attached hydrogen (secondary N) is 1. The number of hydrogen-bond acceptors (Lipinski definition) is 7. The molecule has 1 saturated heterocycles. The summed E-state index contributed by atoms with van der Waals surface area (Å²) in [5.74, 6) is 0.501. The van der Waals surface area contributed by atoms with Crippen LogP contribution >= 0.6 is 11.3 Å². The lowest BCUT2D eigenvalue weighted by atomic mass is 9.94. The predicted molar refractivity (Wildman–Crippen MR) is 132 cm³/mol. The minimum absolute atomic E-state index is 0.00536. The fourth-order valence-corrected chi connectivity index (χ4v) is 7.91. The third kappa shape index (κ3) is 4.59. The number of piperidine rings is 1. The molecule has 1 amide bonds. The van der Waals surface area contributed by atoms with E-state index in [1.165, 1.54) is 29.1 Å². The highest BCUT2D eigenvalue weighted by molar-refractivity contribution is 7.89. The number of sulfonamides is 1. The summed E-state index contributed by atoms with van der Waals surface area (Å²) in [4.78, 5) is 31.2. The summed E-state index contributed by atoms with van der Waals surface area (Å²) >= 11 is 1.17. The van der Waals surface area contributed by atoms with Gasteiger partial charge in [-0.1, -0.05) is 26.0 Å². The maximum Gasteiger partial charge on any atom is 0.263 e. The summed E-state index contributed by atoms with van der Waals surface area (Å²) in [6.45, 7) is 6.27. The largest absolute Gasteiger partial charge is 0.495 e. The first-order valence-corrected chi connectivity index (χ1v) is 13.3. The monoisotopic (exact) mass is 504 g/mol. The molecule has 3 heterocycles. The molecule has 9 nitrogen and oxygen atoms in total. The van der Waals surface area contributed by atoms with Crippen molar-refractivity contribution in [2.45, 2.75) is 38.6 Å². The van der Waals surface area contributed by atoms with E-state index in [0.717, 1.165) is 11.0 Å². The molecule has 1 aromatic carbocycles. The van der Waals surface area contributed by atoms with Gasteiger partial charge in [0.25, 0.3) is 5.56 Å². The van der Waals surface area contributed by atoms with Gasteiger partial charge in [0.05, 0.1) is 24.5 Å². The number of ether oxygens (including phenoxy) is 1. The van der Waals surface area contributed by atoms with Crippen LogP contribution in [0.5, 0.6) is 5.75 Å². The van der Waals surface area contributed by atoms with Gasteiger partial charge in [-0.3, -0.25) is 14.2 Å². The lowest BCUT2D eigenvalue weighted by Crippen LogP contribution is -2.42. The molecule has 1 aliphatic heterocycles. The van der Waals surface area contributed by atoms with Crippen LogP contribution in [0.15, 0.2) is 40.3 Å². The molecule has 1 fully saturated rings. The van der Waals surface area contributed by atoms with E-state index in [1.54, 1.807) is 31.2 Å². The molecule has 34 heavy (non-hydrogen) atoms. The first-order chi connectivity index (χ1) is 16.1. The number of anilines is 1. The van der Waals surface area contributed by atoms with Crippen LogP contribution in [0.2, 0.25) is 0 Å². The number of rotatable bonds is 6. The summed E-state index contributed by atoms with van der Waals surface area (Å²) in [7, 11) is -2.40. The fourth-order valence-electron chi connectivity index (χ4n) is 4.56. The molecule has 0 radical (unpaired) electrons. The van der Waals surface area contributed by atoms with Crippen molar-refractivity contribution in [1.29, 1.82) is 0 Å². The Morgan fingerprint density at radius 2 is 1.91 bits per heavy atom. The number of benzene rings is 1. The zero-order valence-electron chi connectivity index (χ0n) is 19.6. The summed E-state index contributed by atoms with van der Waals surface area (Å²) in [6.07, 6.45) is 2.24. The van der Waals surface area contributed by atoms with Crippen LogP contribution in [0.3, 0.4) is 0 Å². The van der Waals surface area contributed by atoms with Crippen LogP contribution in [-0.4, -0.2) is 48.4 Å². The first kappa shape index (κ1) is 24.4. The Balaban J connectivity index is 1.69. The van der Waals surface area contributed by atoms with Crippen molar-refractivity contribution in [1.82, 2.24) is 13.9 Å². The van der Waals surface area contributed by atoms with E-state index in [2.05, 4.69) is 10.3 Å².